The molecule has 0 aliphatic carbocycles. The van der Waals surface area contributed by atoms with Gasteiger partial charge in [0.15, 0.2) is 0 Å². The van der Waals surface area contributed by atoms with E-state index in [-0.39, 0.29) is 9.65 Å². The monoisotopic (exact) mass is 430 g/mol. The van der Waals surface area contributed by atoms with E-state index in [9.17, 15) is 10.2 Å². The third-order valence-electron chi connectivity index (χ3n) is 1.39. The quantitative estimate of drug-likeness (QED) is 0.651. The highest BCUT2D eigenvalue weighted by atomic mass is 79.9. The fourth-order valence-electron chi connectivity index (χ4n) is 0.610. The Labute approximate surface area is 106 Å². The van der Waals surface area contributed by atoms with Gasteiger partial charge >= 0.3 is 0 Å². The van der Waals surface area contributed by atoms with Gasteiger partial charge in [0.1, 0.15) is 0 Å². The molecule has 0 unspecified atom stereocenters. The zero-order chi connectivity index (χ0) is 9.72. The van der Waals surface area contributed by atoms with Crippen molar-refractivity contribution in [3.63, 3.8) is 0 Å². The van der Waals surface area contributed by atoms with Crippen LogP contribution >= 0.6 is 63.7 Å². The van der Waals surface area contributed by atoms with Gasteiger partial charge in [0.2, 0.25) is 0 Å². The molecule has 6 heteroatoms. The summed E-state index contributed by atoms with van der Waals surface area (Å²) >= 11 is 12.9. The number of hydrogen-bond acceptors (Lipinski definition) is 2. The first kappa shape index (κ1) is 13.8. The Morgan fingerprint density at radius 1 is 0.833 bits per heavy atom. The van der Waals surface area contributed by atoms with E-state index in [1.165, 1.54) is 0 Å². The highest BCUT2D eigenvalue weighted by Gasteiger charge is 2.28. The first-order chi connectivity index (χ1) is 5.54. The molecule has 0 heterocycles. The lowest BCUT2D eigenvalue weighted by atomic mass is 10.1. The van der Waals surface area contributed by atoms with E-state index in [1.54, 1.807) is 0 Å². The molecule has 4 atom stereocenters. The van der Waals surface area contributed by atoms with Crippen LogP contribution < -0.4 is 0 Å². The van der Waals surface area contributed by atoms with Crippen LogP contribution in [0.5, 0.6) is 0 Å². The first-order valence-corrected chi connectivity index (χ1v) is 7.38. The largest absolute Gasteiger partial charge is 0.389 e. The van der Waals surface area contributed by atoms with Crippen LogP contribution in [0, 0.1) is 0 Å². The van der Waals surface area contributed by atoms with Crippen molar-refractivity contribution in [3.8, 4) is 0 Å². The minimum atomic E-state index is -0.772. The van der Waals surface area contributed by atoms with Crippen LogP contribution in [0.2, 0.25) is 0 Å². The Morgan fingerprint density at radius 2 is 1.08 bits per heavy atom. The fourth-order valence-corrected chi connectivity index (χ4v) is 2.00. The van der Waals surface area contributed by atoms with Crippen LogP contribution in [-0.4, -0.2) is 42.7 Å². The summed E-state index contributed by atoms with van der Waals surface area (Å²) in [7, 11) is 0. The highest BCUT2D eigenvalue weighted by molar-refractivity contribution is 9.12. The maximum absolute atomic E-state index is 9.51. The smallest absolute Gasteiger partial charge is 0.0943 e. The lowest BCUT2D eigenvalue weighted by Gasteiger charge is -2.24. The predicted molar refractivity (Wildman–Crippen MR) is 65.0 cm³/mol. The van der Waals surface area contributed by atoms with Crippen LogP contribution in [0.25, 0.3) is 0 Å². The SMILES string of the molecule is O[C@H]([C@H](O)[C@H](Br)CBr)[C@@H](Br)CBr. The van der Waals surface area contributed by atoms with Gasteiger partial charge in [-0.1, -0.05) is 63.7 Å². The summed E-state index contributed by atoms with van der Waals surface area (Å²) in [5.41, 5.74) is 0. The average Bonchev–Trinajstić information content (AvgIpc) is 2.12. The second-order valence-electron chi connectivity index (χ2n) is 2.32. The number of rotatable bonds is 5. The topological polar surface area (TPSA) is 40.5 Å². The van der Waals surface area contributed by atoms with Crippen molar-refractivity contribution in [3.05, 3.63) is 0 Å². The zero-order valence-electron chi connectivity index (χ0n) is 6.13. The average molecular weight is 434 g/mol. The Morgan fingerprint density at radius 3 is 1.25 bits per heavy atom. The maximum Gasteiger partial charge on any atom is 0.0943 e. The number of hydrogen-bond donors (Lipinski definition) is 2. The molecule has 0 aliphatic rings. The Bertz CT molecular complexity index is 110. The highest BCUT2D eigenvalue weighted by Crippen LogP contribution is 2.19. The van der Waals surface area contributed by atoms with Crippen LogP contribution in [0.4, 0.5) is 0 Å². The Balaban J connectivity index is 3.99. The molecule has 0 saturated heterocycles. The van der Waals surface area contributed by atoms with Gasteiger partial charge in [0.05, 0.1) is 21.9 Å². The molecule has 0 radical (unpaired) electrons. The van der Waals surface area contributed by atoms with Gasteiger partial charge in [-0.25, -0.2) is 0 Å². The van der Waals surface area contributed by atoms with E-state index in [4.69, 9.17) is 0 Å². The van der Waals surface area contributed by atoms with Crippen molar-refractivity contribution in [2.45, 2.75) is 21.9 Å². The Hall–Kier alpha value is 1.84. The zero-order valence-corrected chi connectivity index (χ0v) is 12.5. The summed E-state index contributed by atoms with van der Waals surface area (Å²) in [6, 6.07) is 0. The van der Waals surface area contributed by atoms with Crippen molar-refractivity contribution in [1.82, 2.24) is 0 Å². The third kappa shape index (κ3) is 4.37. The van der Waals surface area contributed by atoms with Crippen molar-refractivity contribution < 1.29 is 10.2 Å². The lowest BCUT2D eigenvalue weighted by Crippen LogP contribution is -2.41. The maximum atomic E-state index is 9.51. The normalized spacial score (nSPS) is 21.5. The lowest BCUT2D eigenvalue weighted by molar-refractivity contribution is 0.0263. The van der Waals surface area contributed by atoms with Gasteiger partial charge in [-0.15, -0.1) is 0 Å². The molecule has 0 rings (SSSR count). The van der Waals surface area contributed by atoms with Crippen molar-refractivity contribution >= 4 is 63.7 Å². The van der Waals surface area contributed by atoms with Crippen LogP contribution in [-0.2, 0) is 0 Å². The van der Waals surface area contributed by atoms with Gasteiger partial charge in [-0.2, -0.15) is 0 Å². The predicted octanol–water partition coefficient (Wildman–Crippen LogP) is 2.02. The molecular formula is C6H10Br4O2. The third-order valence-corrected chi connectivity index (χ3v) is 6.25. The molecule has 0 fully saturated rings. The van der Waals surface area contributed by atoms with Crippen molar-refractivity contribution in [2.24, 2.45) is 0 Å². The molecule has 0 bridgehead atoms. The van der Waals surface area contributed by atoms with Crippen molar-refractivity contribution in [2.75, 3.05) is 10.7 Å². The second kappa shape index (κ2) is 7.17. The Kier molecular flexibility index (Phi) is 8.27. The van der Waals surface area contributed by atoms with Gasteiger partial charge in [-0.05, 0) is 0 Å². The van der Waals surface area contributed by atoms with E-state index >= 15 is 0 Å². The summed E-state index contributed by atoms with van der Waals surface area (Å²) in [5.74, 6) is 0. The van der Waals surface area contributed by atoms with Gasteiger partial charge in [0.25, 0.3) is 0 Å². The molecule has 0 amide bonds. The van der Waals surface area contributed by atoms with Crippen LogP contribution in [0.3, 0.4) is 0 Å². The summed E-state index contributed by atoms with van der Waals surface area (Å²) in [6.07, 6.45) is -1.54. The molecule has 0 spiro atoms. The molecule has 0 aromatic carbocycles. The number of halogens is 4. The van der Waals surface area contributed by atoms with E-state index in [2.05, 4.69) is 63.7 Å². The molecule has 0 aliphatic heterocycles. The summed E-state index contributed by atoms with van der Waals surface area (Å²) in [4.78, 5) is -0.266. The molecular weight excluding hydrogens is 424 g/mol. The fraction of sp³-hybridized carbons (Fsp3) is 1.00. The first-order valence-electron chi connectivity index (χ1n) is 3.30. The number of aliphatic hydroxyl groups is 2. The number of aliphatic hydroxyl groups excluding tert-OH is 2. The minimum absolute atomic E-state index is 0.133. The summed E-state index contributed by atoms with van der Waals surface area (Å²) in [5, 5.41) is 20.2. The molecule has 2 nitrogen and oxygen atoms in total. The van der Waals surface area contributed by atoms with E-state index in [0.717, 1.165) is 0 Å². The molecule has 2 N–H and O–H groups in total. The summed E-state index contributed by atoms with van der Waals surface area (Å²) < 4.78 is 0. The molecule has 0 aromatic rings. The van der Waals surface area contributed by atoms with Crippen LogP contribution in [0.1, 0.15) is 0 Å². The van der Waals surface area contributed by atoms with E-state index in [1.807, 2.05) is 0 Å². The van der Waals surface area contributed by atoms with Gasteiger partial charge in [0, 0.05) is 10.7 Å². The molecule has 74 valence electrons. The van der Waals surface area contributed by atoms with E-state index in [0.29, 0.717) is 10.7 Å². The molecule has 0 saturated carbocycles. The van der Waals surface area contributed by atoms with Gasteiger partial charge in [-0.3, -0.25) is 0 Å². The molecule has 12 heavy (non-hydrogen) atoms. The second-order valence-corrected chi connectivity index (χ2v) is 5.97. The van der Waals surface area contributed by atoms with Crippen LogP contribution in [0.15, 0.2) is 0 Å². The number of alkyl halides is 4. The van der Waals surface area contributed by atoms with E-state index < -0.39 is 12.2 Å². The minimum Gasteiger partial charge on any atom is -0.389 e. The molecule has 0 aromatic heterocycles. The standard InChI is InChI=1S/C6H10Br4O2/c7-1-3(9)5(11)6(12)4(10)2-8/h3-6,11-12H,1-2H2/t3-,4+,5-,6+. The summed E-state index contributed by atoms with van der Waals surface area (Å²) in [6.45, 7) is 0. The van der Waals surface area contributed by atoms with Gasteiger partial charge < -0.3 is 10.2 Å². The van der Waals surface area contributed by atoms with Crippen molar-refractivity contribution in [1.29, 1.82) is 0 Å².